The van der Waals surface area contributed by atoms with Crippen LogP contribution in [0.4, 0.5) is 0 Å². The van der Waals surface area contributed by atoms with Crippen molar-refractivity contribution in [2.24, 2.45) is 0 Å². The Labute approximate surface area is 255 Å². The van der Waals surface area contributed by atoms with Crippen molar-refractivity contribution in [3.8, 4) is 0 Å². The minimum absolute atomic E-state index is 0.170. The van der Waals surface area contributed by atoms with Gasteiger partial charge in [0.2, 0.25) is 5.91 Å². The Morgan fingerprint density at radius 3 is 1.30 bits per heavy atom. The molecule has 0 aromatic heterocycles. The maximum atomic E-state index is 11.4. The predicted molar refractivity (Wildman–Crippen MR) is 153 cm³/mol. The second kappa shape index (κ2) is 34.5. The predicted octanol–water partition coefficient (Wildman–Crippen LogP) is 0.460. The van der Waals surface area contributed by atoms with E-state index < -0.39 is 18.5 Å². The van der Waals surface area contributed by atoms with Gasteiger partial charge < -0.3 is 57.8 Å². The van der Waals surface area contributed by atoms with Crippen LogP contribution in [-0.4, -0.2) is 155 Å². The topological polar surface area (TPSA) is 176 Å². The normalized spacial score (nSPS) is 11.1. The molecule has 0 aromatic rings. The van der Waals surface area contributed by atoms with E-state index in [0.29, 0.717) is 119 Å². The summed E-state index contributed by atoms with van der Waals surface area (Å²) in [5.41, 5.74) is 0. The van der Waals surface area contributed by atoms with Gasteiger partial charge in [-0.3, -0.25) is 9.59 Å². The molecule has 1 amide bonds. The van der Waals surface area contributed by atoms with Crippen LogP contribution in [0, 0.1) is 0 Å². The van der Waals surface area contributed by atoms with Crippen LogP contribution >= 0.6 is 0 Å². The average Bonchev–Trinajstić information content (AvgIpc) is 2.98. The van der Waals surface area contributed by atoms with Crippen LogP contribution in [0.3, 0.4) is 0 Å². The number of carboxylic acid groups (broad SMARTS) is 1. The minimum atomic E-state index is -1.12. The van der Waals surface area contributed by atoms with Gasteiger partial charge in [0, 0.05) is 13.0 Å². The fraction of sp³-hybridized carbons (Fsp3) is 0.893. The van der Waals surface area contributed by atoms with Crippen molar-refractivity contribution in [1.29, 1.82) is 0 Å². The number of hydrogen-bond acceptors (Lipinski definition) is 13. The number of nitrogens with one attached hydrogen (secondary N) is 1. The molecule has 43 heavy (non-hydrogen) atoms. The number of carboxylic acids is 1. The second-order valence-electron chi connectivity index (χ2n) is 8.81. The van der Waals surface area contributed by atoms with Gasteiger partial charge in [-0.1, -0.05) is 19.8 Å². The van der Waals surface area contributed by atoms with Crippen LogP contribution in [0.25, 0.3) is 0 Å². The Morgan fingerprint density at radius 1 is 0.512 bits per heavy atom. The van der Waals surface area contributed by atoms with Gasteiger partial charge in [0.25, 0.3) is 0 Å². The van der Waals surface area contributed by atoms with Gasteiger partial charge in [0.1, 0.15) is 19.8 Å². The number of esters is 1. The molecule has 0 aliphatic rings. The number of hydrogen-bond donors (Lipinski definition) is 2. The number of carbonyl (C=O) groups is 3. The summed E-state index contributed by atoms with van der Waals surface area (Å²) >= 11 is 0. The third-order valence-electron chi connectivity index (χ3n) is 5.11. The van der Waals surface area contributed by atoms with E-state index in [2.05, 4.69) is 17.0 Å². The van der Waals surface area contributed by atoms with E-state index in [-0.39, 0.29) is 19.2 Å². The number of amides is 1. The molecule has 0 saturated carbocycles. The number of carbonyl (C=O) groups excluding carboxylic acids is 2. The molecule has 0 bridgehead atoms. The van der Waals surface area contributed by atoms with Crippen molar-refractivity contribution >= 4 is 17.8 Å². The maximum Gasteiger partial charge on any atom is 0.329 e. The average molecular weight is 628 g/mol. The maximum absolute atomic E-state index is 11.4. The van der Waals surface area contributed by atoms with Crippen molar-refractivity contribution in [2.75, 3.05) is 132 Å². The van der Waals surface area contributed by atoms with Gasteiger partial charge in [-0.25, -0.2) is 4.79 Å². The van der Waals surface area contributed by atoms with E-state index in [1.807, 2.05) is 0 Å². The Morgan fingerprint density at radius 2 is 0.907 bits per heavy atom. The number of ether oxygens (including phenoxy) is 10. The molecule has 0 spiro atoms. The first kappa shape index (κ1) is 41.0. The van der Waals surface area contributed by atoms with Crippen LogP contribution in [-0.2, 0) is 61.8 Å². The summed E-state index contributed by atoms with van der Waals surface area (Å²) in [6.45, 7) is 8.81. The fourth-order valence-electron chi connectivity index (χ4n) is 2.99. The van der Waals surface area contributed by atoms with E-state index in [4.69, 9.17) is 47.7 Å². The van der Waals surface area contributed by atoms with E-state index in [1.54, 1.807) is 0 Å². The fourth-order valence-corrected chi connectivity index (χ4v) is 2.99. The van der Waals surface area contributed by atoms with Crippen molar-refractivity contribution in [3.05, 3.63) is 0 Å². The van der Waals surface area contributed by atoms with Crippen LogP contribution < -0.4 is 5.32 Å². The molecular formula is C28H53NO14. The molecule has 0 aliphatic heterocycles. The largest absolute Gasteiger partial charge is 0.480 e. The molecule has 254 valence electrons. The van der Waals surface area contributed by atoms with Gasteiger partial charge in [0.15, 0.2) is 0 Å². The number of unbranched alkanes of at least 4 members (excludes halogenated alkanes) is 2. The Balaban J connectivity index is 3.13. The van der Waals surface area contributed by atoms with Crippen molar-refractivity contribution in [3.63, 3.8) is 0 Å². The lowest BCUT2D eigenvalue weighted by atomic mass is 10.2. The van der Waals surface area contributed by atoms with E-state index in [9.17, 15) is 14.4 Å². The molecule has 2 N–H and O–H groups in total. The van der Waals surface area contributed by atoms with Gasteiger partial charge >= 0.3 is 11.9 Å². The van der Waals surface area contributed by atoms with Crippen LogP contribution in [0.2, 0.25) is 0 Å². The van der Waals surface area contributed by atoms with Crippen LogP contribution in [0.1, 0.15) is 32.6 Å². The first-order chi connectivity index (χ1) is 21.1. The SMILES string of the molecule is CCCCCC(=O)OCCOCCOCCOCCOCCOCCOCCOCCOCCNC(=O)COCC(=O)O. The lowest BCUT2D eigenvalue weighted by Gasteiger charge is -2.09. The third-order valence-corrected chi connectivity index (χ3v) is 5.11. The molecule has 0 fully saturated rings. The molecule has 0 rings (SSSR count). The standard InChI is InChI=1S/C28H53NO14/c1-2-3-4-5-28(33)43-23-22-41-21-20-40-19-18-39-17-16-38-15-14-37-13-12-36-11-10-35-9-8-34-7-6-29-26(30)24-42-25-27(31)32/h2-25H2,1H3,(H,29,30)(H,31,32). The zero-order valence-corrected chi connectivity index (χ0v) is 25.7. The van der Waals surface area contributed by atoms with Crippen molar-refractivity contribution in [2.45, 2.75) is 32.6 Å². The molecule has 0 aliphatic carbocycles. The summed E-state index contributed by atoms with van der Waals surface area (Å²) in [4.78, 5) is 33.0. The van der Waals surface area contributed by atoms with Crippen LogP contribution in [0.15, 0.2) is 0 Å². The first-order valence-electron chi connectivity index (χ1n) is 14.9. The molecule has 0 atom stereocenters. The number of rotatable bonds is 35. The molecule has 15 nitrogen and oxygen atoms in total. The van der Waals surface area contributed by atoms with Crippen molar-refractivity contribution < 1.29 is 66.9 Å². The quantitative estimate of drug-likeness (QED) is 0.0732. The molecular weight excluding hydrogens is 574 g/mol. The molecule has 0 aromatic carbocycles. The Hall–Kier alpha value is -1.95. The molecule has 0 saturated heterocycles. The lowest BCUT2D eigenvalue weighted by molar-refractivity contribution is -0.146. The Kier molecular flexibility index (Phi) is 33.0. The summed E-state index contributed by atoms with van der Waals surface area (Å²) in [7, 11) is 0. The highest BCUT2D eigenvalue weighted by Crippen LogP contribution is 2.00. The summed E-state index contributed by atoms with van der Waals surface area (Å²) in [5.74, 6) is -1.69. The Bertz CT molecular complexity index is 641. The highest BCUT2D eigenvalue weighted by Gasteiger charge is 2.03. The zero-order valence-electron chi connectivity index (χ0n) is 25.7. The highest BCUT2D eigenvalue weighted by atomic mass is 16.6. The van der Waals surface area contributed by atoms with E-state index >= 15 is 0 Å². The van der Waals surface area contributed by atoms with Gasteiger partial charge in [-0.05, 0) is 6.42 Å². The minimum Gasteiger partial charge on any atom is -0.480 e. The molecule has 0 heterocycles. The summed E-state index contributed by atoms with van der Waals surface area (Å²) < 4.78 is 52.9. The molecule has 0 unspecified atom stereocenters. The monoisotopic (exact) mass is 627 g/mol. The highest BCUT2D eigenvalue weighted by molar-refractivity contribution is 5.77. The van der Waals surface area contributed by atoms with Gasteiger partial charge in [0.05, 0.1) is 106 Å². The lowest BCUT2D eigenvalue weighted by Crippen LogP contribution is -2.31. The molecule has 15 heteroatoms. The zero-order chi connectivity index (χ0) is 31.5. The summed E-state index contributed by atoms with van der Waals surface area (Å²) in [6.07, 6.45) is 3.46. The van der Waals surface area contributed by atoms with Gasteiger partial charge in [-0.15, -0.1) is 0 Å². The second-order valence-corrected chi connectivity index (χ2v) is 8.81. The number of aliphatic carboxylic acids is 1. The summed E-state index contributed by atoms with van der Waals surface area (Å²) in [6, 6.07) is 0. The van der Waals surface area contributed by atoms with Crippen LogP contribution in [0.5, 0.6) is 0 Å². The van der Waals surface area contributed by atoms with E-state index in [1.165, 1.54) is 0 Å². The molecule has 0 radical (unpaired) electrons. The van der Waals surface area contributed by atoms with E-state index in [0.717, 1.165) is 19.3 Å². The van der Waals surface area contributed by atoms with Gasteiger partial charge in [-0.2, -0.15) is 0 Å². The summed E-state index contributed by atoms with van der Waals surface area (Å²) in [5, 5.41) is 11.0. The third kappa shape index (κ3) is 36.1. The first-order valence-corrected chi connectivity index (χ1v) is 14.9. The van der Waals surface area contributed by atoms with Crippen molar-refractivity contribution in [1.82, 2.24) is 5.32 Å². The smallest absolute Gasteiger partial charge is 0.329 e.